The van der Waals surface area contributed by atoms with Gasteiger partial charge in [-0.25, -0.2) is 19.8 Å². The van der Waals surface area contributed by atoms with Gasteiger partial charge in [0.25, 0.3) is 5.91 Å². The lowest BCUT2D eigenvalue weighted by Gasteiger charge is -2.21. The average Bonchev–Trinajstić information content (AvgIpc) is 3.24. The molecule has 4 rings (SSSR count). The number of carbonyl (C=O) groups is 1. The fourth-order valence-corrected chi connectivity index (χ4v) is 3.72. The minimum Gasteiger partial charge on any atom is -0.297 e. The van der Waals surface area contributed by atoms with Crippen LogP contribution in [0.2, 0.25) is 0 Å². The van der Waals surface area contributed by atoms with E-state index < -0.39 is 5.91 Å². The molecule has 0 aliphatic rings. The molecule has 4 aromatic rings. The van der Waals surface area contributed by atoms with E-state index in [2.05, 4.69) is 14.3 Å². The highest BCUT2D eigenvalue weighted by Crippen LogP contribution is 2.30. The maximum Gasteiger partial charge on any atom is 0.274 e. The second-order valence-corrected chi connectivity index (χ2v) is 7.49. The lowest BCUT2D eigenvalue weighted by atomic mass is 10.1. The number of benzene rings is 2. The van der Waals surface area contributed by atoms with Crippen molar-refractivity contribution in [2.24, 2.45) is 0 Å². The zero-order valence-electron chi connectivity index (χ0n) is 16.5. The fraction of sp³-hybridized carbons (Fsp3) is 0.0909. The molecule has 1 amide bonds. The number of aromatic nitrogens is 3. The van der Waals surface area contributed by atoms with Gasteiger partial charge >= 0.3 is 0 Å². The van der Waals surface area contributed by atoms with Crippen molar-refractivity contribution >= 4 is 28.4 Å². The molecular weight excluding hydrogens is 417 g/mol. The summed E-state index contributed by atoms with van der Waals surface area (Å²) in [5.41, 5.74) is 4.65. The summed E-state index contributed by atoms with van der Waals surface area (Å²) < 4.78 is 17.6. The van der Waals surface area contributed by atoms with Gasteiger partial charge in [-0.1, -0.05) is 24.3 Å². The molecule has 0 aliphatic carbocycles. The highest BCUT2D eigenvalue weighted by Gasteiger charge is 2.17. The topological polar surface area (TPSA) is 91.2 Å². The van der Waals surface area contributed by atoms with E-state index in [1.54, 1.807) is 48.1 Å². The minimum absolute atomic E-state index is 0.290. The van der Waals surface area contributed by atoms with Crippen LogP contribution in [0, 0.1) is 12.7 Å². The number of nitrogens with zero attached hydrogens (tertiary/aromatic N) is 4. The summed E-state index contributed by atoms with van der Waals surface area (Å²) in [5.74, 6) is 0.462. The monoisotopic (exact) mass is 435 g/mol. The Morgan fingerprint density at radius 3 is 2.48 bits per heavy atom. The molecule has 2 N–H and O–H groups in total. The molecule has 0 spiro atoms. The molecule has 0 atom stereocenters. The number of rotatable bonds is 6. The van der Waals surface area contributed by atoms with Crippen LogP contribution in [0.15, 0.2) is 66.9 Å². The summed E-state index contributed by atoms with van der Waals surface area (Å²) >= 11 is 1.27. The minimum atomic E-state index is -0.572. The lowest BCUT2D eigenvalue weighted by Crippen LogP contribution is -2.19. The number of hydroxylamine groups is 1. The van der Waals surface area contributed by atoms with Crippen LogP contribution in [0.3, 0.4) is 0 Å². The van der Waals surface area contributed by atoms with Crippen molar-refractivity contribution < 1.29 is 14.4 Å². The second-order valence-electron chi connectivity index (χ2n) is 6.76. The maximum absolute atomic E-state index is 13.3. The van der Waals surface area contributed by atoms with E-state index in [9.17, 15) is 9.18 Å². The molecule has 0 saturated heterocycles. The van der Waals surface area contributed by atoms with Crippen LogP contribution in [0.25, 0.3) is 11.1 Å². The van der Waals surface area contributed by atoms with Gasteiger partial charge in [0.15, 0.2) is 0 Å². The Morgan fingerprint density at radius 1 is 1.10 bits per heavy atom. The SMILES string of the molecule is Cc1nsc(N(Cc2ccc(C(=O)NO)cc2)c2cc(-c3ccc(F)cc3)ccn2)n1. The molecule has 0 bridgehead atoms. The Kier molecular flexibility index (Phi) is 5.96. The first kappa shape index (κ1) is 20.6. The van der Waals surface area contributed by atoms with Gasteiger partial charge in [-0.15, -0.1) is 0 Å². The van der Waals surface area contributed by atoms with Gasteiger partial charge in [0.2, 0.25) is 5.13 Å². The summed E-state index contributed by atoms with van der Waals surface area (Å²) in [5, 5.41) is 9.47. The van der Waals surface area contributed by atoms with Crippen LogP contribution >= 0.6 is 11.5 Å². The predicted molar refractivity (Wildman–Crippen MR) is 116 cm³/mol. The third-order valence-electron chi connectivity index (χ3n) is 4.61. The number of pyridine rings is 1. The number of carbonyl (C=O) groups excluding carboxylic acids is 1. The Balaban J connectivity index is 1.68. The molecule has 0 radical (unpaired) electrons. The van der Waals surface area contributed by atoms with Gasteiger partial charge in [-0.3, -0.25) is 14.9 Å². The summed E-state index contributed by atoms with van der Waals surface area (Å²) in [4.78, 5) is 22.5. The number of anilines is 2. The molecule has 31 heavy (non-hydrogen) atoms. The Hall–Kier alpha value is -3.69. The summed E-state index contributed by atoms with van der Waals surface area (Å²) in [6.45, 7) is 2.26. The van der Waals surface area contributed by atoms with Gasteiger partial charge in [-0.2, -0.15) is 4.37 Å². The van der Waals surface area contributed by atoms with E-state index in [1.165, 1.54) is 23.7 Å². The van der Waals surface area contributed by atoms with Crippen molar-refractivity contribution in [2.75, 3.05) is 4.90 Å². The molecule has 7 nitrogen and oxygen atoms in total. The van der Waals surface area contributed by atoms with Gasteiger partial charge < -0.3 is 0 Å². The highest BCUT2D eigenvalue weighted by molar-refractivity contribution is 7.09. The third kappa shape index (κ3) is 4.73. The van der Waals surface area contributed by atoms with Crippen LogP contribution in [0.1, 0.15) is 21.7 Å². The summed E-state index contributed by atoms with van der Waals surface area (Å²) in [7, 11) is 0. The van der Waals surface area contributed by atoms with E-state index in [0.717, 1.165) is 16.7 Å². The van der Waals surface area contributed by atoms with Gasteiger partial charge in [0.1, 0.15) is 17.5 Å². The van der Waals surface area contributed by atoms with Crippen molar-refractivity contribution in [1.29, 1.82) is 0 Å². The van der Waals surface area contributed by atoms with Crippen molar-refractivity contribution in [3.63, 3.8) is 0 Å². The third-order valence-corrected chi connectivity index (χ3v) is 5.44. The van der Waals surface area contributed by atoms with E-state index in [1.807, 2.05) is 24.0 Å². The zero-order valence-corrected chi connectivity index (χ0v) is 17.3. The first-order valence-corrected chi connectivity index (χ1v) is 10.1. The van der Waals surface area contributed by atoms with Gasteiger partial charge in [-0.05, 0) is 60.0 Å². The standard InChI is InChI=1S/C22H18FN5O2S/c1-14-25-22(31-27-14)28(13-15-2-4-17(5-3-15)21(29)26-30)20-12-18(10-11-24-20)16-6-8-19(23)9-7-16/h2-12,30H,13H2,1H3,(H,26,29). The van der Waals surface area contributed by atoms with Crippen molar-refractivity contribution in [3.05, 3.63) is 89.6 Å². The first-order chi connectivity index (χ1) is 15.0. The number of amides is 1. The first-order valence-electron chi connectivity index (χ1n) is 9.37. The molecule has 9 heteroatoms. The Bertz CT molecular complexity index is 1200. The number of halogens is 1. The van der Waals surface area contributed by atoms with E-state index in [4.69, 9.17) is 5.21 Å². The Labute approximate surface area is 182 Å². The largest absolute Gasteiger partial charge is 0.297 e. The van der Waals surface area contributed by atoms with Gasteiger partial charge in [0, 0.05) is 23.3 Å². The maximum atomic E-state index is 13.3. The lowest BCUT2D eigenvalue weighted by molar-refractivity contribution is 0.0706. The van der Waals surface area contributed by atoms with Crippen molar-refractivity contribution in [2.45, 2.75) is 13.5 Å². The molecule has 2 aromatic heterocycles. The zero-order chi connectivity index (χ0) is 21.8. The van der Waals surface area contributed by atoms with Crippen LogP contribution in [-0.2, 0) is 6.54 Å². The van der Waals surface area contributed by atoms with Crippen LogP contribution in [-0.4, -0.2) is 25.5 Å². The van der Waals surface area contributed by atoms with E-state index in [-0.39, 0.29) is 5.82 Å². The van der Waals surface area contributed by atoms with E-state index >= 15 is 0 Å². The average molecular weight is 435 g/mol. The molecular formula is C22H18FN5O2S. The molecule has 0 fully saturated rings. The van der Waals surface area contributed by atoms with E-state index in [0.29, 0.717) is 28.9 Å². The Morgan fingerprint density at radius 2 is 1.84 bits per heavy atom. The quantitative estimate of drug-likeness (QED) is 0.342. The number of nitrogens with one attached hydrogen (secondary N) is 1. The molecule has 0 aliphatic heterocycles. The van der Waals surface area contributed by atoms with Crippen LogP contribution < -0.4 is 10.4 Å². The van der Waals surface area contributed by atoms with Crippen molar-refractivity contribution in [1.82, 2.24) is 19.8 Å². The number of aryl methyl sites for hydroxylation is 1. The van der Waals surface area contributed by atoms with Crippen molar-refractivity contribution in [3.8, 4) is 11.1 Å². The highest BCUT2D eigenvalue weighted by atomic mass is 32.1. The predicted octanol–water partition coefficient (Wildman–Crippen LogP) is 4.50. The summed E-state index contributed by atoms with van der Waals surface area (Å²) in [6, 6.07) is 16.9. The summed E-state index contributed by atoms with van der Waals surface area (Å²) in [6.07, 6.45) is 1.70. The molecule has 2 heterocycles. The molecule has 0 saturated carbocycles. The molecule has 2 aromatic carbocycles. The molecule has 156 valence electrons. The molecule has 0 unspecified atom stereocenters. The number of hydrogen-bond donors (Lipinski definition) is 2. The normalized spacial score (nSPS) is 10.7. The second kappa shape index (κ2) is 8.99. The smallest absolute Gasteiger partial charge is 0.274 e. The van der Waals surface area contributed by atoms with Crippen LogP contribution in [0.5, 0.6) is 0 Å². The fourth-order valence-electron chi connectivity index (χ4n) is 3.04. The number of hydrogen-bond acceptors (Lipinski definition) is 7. The van der Waals surface area contributed by atoms with Crippen LogP contribution in [0.4, 0.5) is 15.3 Å². The van der Waals surface area contributed by atoms with Gasteiger partial charge in [0.05, 0.1) is 6.54 Å².